The van der Waals surface area contributed by atoms with Gasteiger partial charge in [0, 0.05) is 49.8 Å². The highest BCUT2D eigenvalue weighted by atomic mass is 16.6. The molecule has 18 atom stereocenters. The van der Waals surface area contributed by atoms with Gasteiger partial charge in [-0.3, -0.25) is 9.59 Å². The molecule has 5 saturated carbocycles. The van der Waals surface area contributed by atoms with E-state index in [-0.39, 0.29) is 82.4 Å². The van der Waals surface area contributed by atoms with Crippen molar-refractivity contribution in [2.24, 2.45) is 86.5 Å². The Kier molecular flexibility index (Phi) is 19.5. The van der Waals surface area contributed by atoms with Gasteiger partial charge in [-0.15, -0.1) is 0 Å². The summed E-state index contributed by atoms with van der Waals surface area (Å²) in [6, 6.07) is 25.8. The lowest BCUT2D eigenvalue weighted by Crippen LogP contribution is -2.57. The minimum absolute atomic E-state index is 0.00103. The molecule has 92 heavy (non-hydrogen) atoms. The summed E-state index contributed by atoms with van der Waals surface area (Å²) in [7, 11) is 2.10. The number of guanidine groups is 1. The van der Waals surface area contributed by atoms with Crippen LogP contribution in [0.1, 0.15) is 118 Å². The first-order valence-corrected chi connectivity index (χ1v) is 34.7. The first kappa shape index (κ1) is 64.3. The van der Waals surface area contributed by atoms with Crippen molar-refractivity contribution >= 4 is 23.1 Å². The van der Waals surface area contributed by atoms with Gasteiger partial charge in [0.25, 0.3) is 0 Å². The van der Waals surface area contributed by atoms with E-state index in [1.165, 1.54) is 29.2 Å². The maximum absolute atomic E-state index is 14.8. The van der Waals surface area contributed by atoms with Crippen molar-refractivity contribution in [1.29, 1.82) is 0 Å². The van der Waals surface area contributed by atoms with Gasteiger partial charge in [-0.25, -0.2) is 0 Å². The number of nitrogens with zero attached hydrogens (tertiary/aromatic N) is 1. The van der Waals surface area contributed by atoms with Crippen molar-refractivity contribution < 1.29 is 34.8 Å². The smallest absolute Gasteiger partial charge is 0.202 e. The number of allylic oxidation sites excluding steroid dienone is 3. The Morgan fingerprint density at radius 2 is 1.77 bits per heavy atom. The second kappa shape index (κ2) is 27.9. The van der Waals surface area contributed by atoms with Gasteiger partial charge in [-0.05, 0) is 262 Å². The fourth-order valence-electron chi connectivity index (χ4n) is 20.7. The molecule has 7 aliphatic heterocycles. The lowest BCUT2D eigenvalue weighted by molar-refractivity contribution is -0.126. The topological polar surface area (TPSA) is 261 Å². The maximum atomic E-state index is 14.8. The number of carbonyl (C=O) groups is 2. The van der Waals surface area contributed by atoms with E-state index in [1.54, 1.807) is 12.1 Å². The molecule has 14 N–H and O–H groups in total. The highest BCUT2D eigenvalue weighted by molar-refractivity contribution is 6.08. The zero-order valence-corrected chi connectivity index (χ0v) is 53.9. The van der Waals surface area contributed by atoms with Crippen LogP contribution >= 0.6 is 0 Å². The molecule has 1 unspecified atom stereocenters. The van der Waals surface area contributed by atoms with Gasteiger partial charge in [0.15, 0.2) is 24.1 Å². The highest BCUT2D eigenvalue weighted by Crippen LogP contribution is 2.75. The molecule has 1 spiro atoms. The molecule has 12 aliphatic rings. The summed E-state index contributed by atoms with van der Waals surface area (Å²) in [6.07, 6.45) is 24.5. The Morgan fingerprint density at radius 1 is 0.935 bits per heavy atom. The summed E-state index contributed by atoms with van der Waals surface area (Å²) >= 11 is 0. The Balaban J connectivity index is 0.892. The van der Waals surface area contributed by atoms with E-state index in [0.29, 0.717) is 83.8 Å². The number of aliphatic hydroxyl groups excluding tert-OH is 3. The summed E-state index contributed by atoms with van der Waals surface area (Å²) in [5.41, 5.74) is 21.7. The van der Waals surface area contributed by atoms with Crippen LogP contribution in [-0.4, -0.2) is 121 Å². The van der Waals surface area contributed by atoms with Crippen LogP contribution in [0.3, 0.4) is 0 Å². The molecule has 6 fully saturated rings. The number of aliphatic hydroxyl groups is 3. The minimum atomic E-state index is -0.714. The molecule has 0 aromatic heterocycles. The van der Waals surface area contributed by atoms with Crippen molar-refractivity contribution in [3.63, 3.8) is 0 Å². The van der Waals surface area contributed by atoms with Crippen LogP contribution in [0.2, 0.25) is 0 Å². The number of hydrogen-bond donors (Lipinski definition) is 12. The third kappa shape index (κ3) is 13.2. The van der Waals surface area contributed by atoms with E-state index in [1.807, 2.05) is 25.3 Å². The van der Waals surface area contributed by atoms with Gasteiger partial charge in [0.1, 0.15) is 5.78 Å². The van der Waals surface area contributed by atoms with Gasteiger partial charge >= 0.3 is 0 Å². The number of hydrogen-bond acceptors (Lipinski definition) is 16. The number of nitrogens with one attached hydrogen (secondary N) is 6. The number of aliphatic imine (C=N–C) groups is 1. The lowest BCUT2D eigenvalue weighted by atomic mass is 9.50. The maximum Gasteiger partial charge on any atom is 0.202 e. The van der Waals surface area contributed by atoms with Crippen molar-refractivity contribution in [2.45, 2.75) is 153 Å². The van der Waals surface area contributed by atoms with Gasteiger partial charge in [0.2, 0.25) is 5.96 Å². The Labute approximate surface area is 544 Å². The van der Waals surface area contributed by atoms with Crippen molar-refractivity contribution in [2.75, 3.05) is 46.6 Å². The summed E-state index contributed by atoms with van der Waals surface area (Å²) in [5.74, 6) is 6.42. The average Bonchev–Trinajstić information content (AvgIpc) is 1.51. The van der Waals surface area contributed by atoms with Gasteiger partial charge < -0.3 is 68.5 Å². The molecule has 490 valence electrons. The Morgan fingerprint density at radius 3 is 2.60 bits per heavy atom. The van der Waals surface area contributed by atoms with Crippen LogP contribution in [0.25, 0.3) is 5.57 Å². The average molecular weight is 1250 g/mol. The van der Waals surface area contributed by atoms with Crippen LogP contribution in [0, 0.1) is 82.0 Å². The molecule has 16 nitrogen and oxygen atoms in total. The number of rotatable bonds is 13. The largest absolute Gasteiger partial charge is 0.504 e. The number of phenols is 1. The Bertz CT molecular complexity index is 3460. The van der Waals surface area contributed by atoms with E-state index in [4.69, 9.17) is 21.2 Å². The van der Waals surface area contributed by atoms with Gasteiger partial charge in [0.05, 0.1) is 31.3 Å². The highest BCUT2D eigenvalue weighted by Gasteiger charge is 2.72. The predicted octanol–water partition coefficient (Wildman–Crippen LogP) is 7.02. The van der Waals surface area contributed by atoms with Crippen LogP contribution in [0.5, 0.6) is 11.5 Å². The van der Waals surface area contributed by atoms with Crippen LogP contribution in [0.4, 0.5) is 0 Å². The van der Waals surface area contributed by atoms with Crippen molar-refractivity contribution in [3.8, 4) is 23.5 Å². The molecular formula is C76H99N9O7. The fraction of sp³-hybridized carbons (Fsp3) is 0.566. The molecule has 0 amide bonds. The third-order valence-corrected chi connectivity index (χ3v) is 24.0. The number of ether oxygens (including phenoxy) is 1. The molecule has 7 heterocycles. The number of aromatic hydroxyl groups is 1. The van der Waals surface area contributed by atoms with Crippen LogP contribution < -0.4 is 48.1 Å². The normalized spacial score (nSPS) is 36.1. The van der Waals surface area contributed by atoms with Crippen molar-refractivity contribution in [1.82, 2.24) is 31.9 Å². The number of aryl methyl sites for hydroxylation is 2. The van der Waals surface area contributed by atoms with E-state index < -0.39 is 31.5 Å². The summed E-state index contributed by atoms with van der Waals surface area (Å²) in [5, 5.41) is 67.5. The molecule has 3 aromatic carbocycles. The number of carbonyl (C=O) groups excluding carboxylic acids is 2. The molecule has 1 saturated heterocycles. The number of nitrogens with two attached hydrogens (primary N) is 2. The van der Waals surface area contributed by atoms with E-state index in [2.05, 4.69) is 118 Å². The number of piperidine rings is 1. The predicted molar refractivity (Wildman–Crippen MR) is 360 cm³/mol. The molecule has 3 aromatic rings. The first-order chi connectivity index (χ1) is 44.7. The molecule has 8 bridgehead atoms. The SMILES string of the molecule is CNC[C@H]1C[C@@]23[C@@H]4C[C@]5(C[C@H]6[C@@H]7CCNC[C@@H]7C[C@@H]7C=CCN[C@@H]67)C[C@@H](CC[C@H]52)CC(=O)CC(=O)/C=C(\CO)c2cc(OCO)c(O)cc2CC2=CNC(N)C=C2[C@H](Cc2cccc(CCc5ccccc5)c2)CC#CN=C(N)N[C@@H]2CC(=C[C@H]([C@H](C)O)N4)[C@H]3[C@@H]1C2. The monoisotopic (exact) mass is 1250 g/mol. The fourth-order valence-corrected chi connectivity index (χ4v) is 20.7. The van der Waals surface area contributed by atoms with Crippen molar-refractivity contribution in [3.05, 3.63) is 148 Å². The minimum Gasteiger partial charge on any atom is -0.504 e. The number of phenolic OH excluding ortho intramolecular Hbond substituents is 1. The second-order valence-corrected chi connectivity index (χ2v) is 29.4. The van der Waals surface area contributed by atoms with Crippen LogP contribution in [-0.2, 0) is 35.3 Å². The zero-order valence-electron chi connectivity index (χ0n) is 53.9. The van der Waals surface area contributed by atoms with E-state index in [9.17, 15) is 30.0 Å². The quantitative estimate of drug-likeness (QED) is 0.0355. The number of ketones is 2. The second-order valence-electron chi connectivity index (χ2n) is 29.4. The third-order valence-electron chi connectivity index (χ3n) is 24.0. The molecule has 15 rings (SSSR count). The number of dihydropyridines is 1. The first-order valence-electron chi connectivity index (χ1n) is 34.7. The van der Waals surface area contributed by atoms with E-state index in [0.717, 1.165) is 114 Å². The lowest BCUT2D eigenvalue weighted by Gasteiger charge is -2.56. The molecule has 5 aliphatic carbocycles. The molecule has 0 radical (unpaired) electrons. The van der Waals surface area contributed by atoms with Gasteiger partial charge in [-0.1, -0.05) is 84.3 Å². The number of Topliss-reactive ketones (excluding diaryl/α,β-unsaturated/α-hetero) is 1. The summed E-state index contributed by atoms with van der Waals surface area (Å²) < 4.78 is 5.52. The standard InChI is InChI=1S/C76H99N9O7/c1-45(88)66-30-53-28-58-32-64-57(40-79-2)37-76(72(53)64)69-18-17-49(36-75(69,39-70(76)85-66)38-65-61-19-22-80-41-54(61)26-51-14-8-20-81-73(51)65)25-59(89)33-60(90)29-56(43-86)62-34-68(92-44-87)67(91)31-52(62)27-55-42-83-71(77)35-63(55)50(13-7-21-82-74(78)84-58)24-48-12-6-11-47(23-48)16-15-46-9-4-3-5-10-46/h3-6,8-12,14,23,29-31,34-35,42,45,49-51,54,57-58,61,64-66,69-73,79-81,83,85-88,91H,13,15-20,22,24-28,32-33,36-41,43-44,77H2,1-2H3,(H3,78,82,84)/b56-29+/t45-,49-,50-,51-,54-,57+,58+,61+,64+,65-,66+,69+,70-,71?,72-,73+,75+,76-/m0/s1. The summed E-state index contributed by atoms with van der Waals surface area (Å²) in [4.78, 5) is 34.2. The molecule has 16 heteroatoms. The Hall–Kier alpha value is -6.39. The zero-order chi connectivity index (χ0) is 63.7. The molecular weight excluding hydrogens is 1150 g/mol. The number of fused-ring (bicyclic) bond motifs is 2. The van der Waals surface area contributed by atoms with Gasteiger partial charge in [-0.2, -0.15) is 4.99 Å². The van der Waals surface area contributed by atoms with Crippen LogP contribution in [0.15, 0.2) is 125 Å². The number of benzene rings is 3. The summed E-state index contributed by atoms with van der Waals surface area (Å²) in [6.45, 7) is 4.55. The van der Waals surface area contributed by atoms with E-state index >= 15 is 0 Å².